The number of nitrogens with two attached hydrogens (primary N) is 1. The third-order valence-electron chi connectivity index (χ3n) is 1.89. The van der Waals surface area contributed by atoms with Gasteiger partial charge in [-0.3, -0.25) is 0 Å². The summed E-state index contributed by atoms with van der Waals surface area (Å²) in [6, 6.07) is 5.93. The number of nitrogen functional groups attached to an aromatic ring is 1. The fourth-order valence-corrected chi connectivity index (χ4v) is 2.04. The molecule has 3 heteroatoms. The molecule has 0 unspecified atom stereocenters. The van der Waals surface area contributed by atoms with Crippen molar-refractivity contribution in [3.8, 4) is 0 Å². The van der Waals surface area contributed by atoms with Crippen LogP contribution in [0.2, 0.25) is 0 Å². The first-order chi connectivity index (χ1) is 6.25. The minimum atomic E-state index is 0.258. The summed E-state index contributed by atoms with van der Waals surface area (Å²) in [6.45, 7) is 2.28. The predicted octanol–water partition coefficient (Wildman–Crippen LogP) is 2.05. The molecule has 0 atom stereocenters. The van der Waals surface area contributed by atoms with Crippen LogP contribution in [-0.2, 0) is 0 Å². The lowest BCUT2D eigenvalue weighted by molar-refractivity contribution is 0.296. The van der Waals surface area contributed by atoms with E-state index >= 15 is 0 Å². The van der Waals surface area contributed by atoms with Gasteiger partial charge in [-0.05, 0) is 31.0 Å². The molecule has 1 aromatic rings. The van der Waals surface area contributed by atoms with Crippen LogP contribution in [0, 0.1) is 6.92 Å². The fraction of sp³-hybridized carbons (Fsp3) is 0.400. The Bertz CT molecular complexity index is 276. The molecule has 0 saturated heterocycles. The molecule has 3 N–H and O–H groups in total. The summed E-state index contributed by atoms with van der Waals surface area (Å²) in [5, 5.41) is 8.63. The summed E-state index contributed by atoms with van der Waals surface area (Å²) in [4.78, 5) is 1.22. The van der Waals surface area contributed by atoms with Gasteiger partial charge in [-0.2, -0.15) is 0 Å². The zero-order valence-electron chi connectivity index (χ0n) is 7.79. The molecule has 0 amide bonds. The Morgan fingerprint density at radius 3 is 2.92 bits per heavy atom. The Morgan fingerprint density at radius 1 is 1.46 bits per heavy atom. The second kappa shape index (κ2) is 5.14. The monoisotopic (exact) mass is 197 g/mol. The largest absolute Gasteiger partial charge is 0.398 e. The third kappa shape index (κ3) is 2.94. The van der Waals surface area contributed by atoms with Crippen LogP contribution in [0.5, 0.6) is 0 Å². The van der Waals surface area contributed by atoms with Gasteiger partial charge in [-0.1, -0.05) is 6.07 Å². The Balaban J connectivity index is 2.61. The second-order valence-electron chi connectivity index (χ2n) is 2.90. The van der Waals surface area contributed by atoms with Gasteiger partial charge in [-0.15, -0.1) is 11.8 Å². The molecule has 0 saturated carbocycles. The van der Waals surface area contributed by atoms with Crippen molar-refractivity contribution in [2.75, 3.05) is 18.1 Å². The molecular formula is C10H15NOS. The lowest BCUT2D eigenvalue weighted by Crippen LogP contribution is -1.92. The summed E-state index contributed by atoms with van der Waals surface area (Å²) >= 11 is 1.75. The highest BCUT2D eigenvalue weighted by Gasteiger charge is 2.00. The van der Waals surface area contributed by atoms with E-state index < -0.39 is 0 Å². The maximum Gasteiger partial charge on any atom is 0.0439 e. The van der Waals surface area contributed by atoms with Crippen LogP contribution in [0.1, 0.15) is 12.0 Å². The topological polar surface area (TPSA) is 46.2 Å². The number of aliphatic hydroxyl groups excluding tert-OH is 1. The van der Waals surface area contributed by atoms with Crippen LogP contribution in [0.3, 0.4) is 0 Å². The lowest BCUT2D eigenvalue weighted by atomic mass is 10.2. The first kappa shape index (κ1) is 10.4. The normalized spacial score (nSPS) is 10.3. The van der Waals surface area contributed by atoms with Gasteiger partial charge >= 0.3 is 0 Å². The van der Waals surface area contributed by atoms with E-state index in [0.717, 1.165) is 23.4 Å². The van der Waals surface area contributed by atoms with E-state index in [-0.39, 0.29) is 6.61 Å². The van der Waals surface area contributed by atoms with Gasteiger partial charge in [0.1, 0.15) is 0 Å². The molecule has 0 radical (unpaired) electrons. The van der Waals surface area contributed by atoms with Crippen LogP contribution in [-0.4, -0.2) is 17.5 Å². The molecule has 0 fully saturated rings. The van der Waals surface area contributed by atoms with Gasteiger partial charge in [0.25, 0.3) is 0 Å². The molecule has 0 spiro atoms. The molecule has 72 valence electrons. The van der Waals surface area contributed by atoms with Gasteiger partial charge in [0.05, 0.1) is 0 Å². The second-order valence-corrected chi connectivity index (χ2v) is 4.03. The Morgan fingerprint density at radius 2 is 2.23 bits per heavy atom. The average Bonchev–Trinajstić information content (AvgIpc) is 2.13. The molecule has 0 aromatic heterocycles. The molecule has 2 nitrogen and oxygen atoms in total. The highest BCUT2D eigenvalue weighted by atomic mass is 32.2. The summed E-state index contributed by atoms with van der Waals surface area (Å²) in [7, 11) is 0. The molecule has 0 aliphatic heterocycles. The number of hydrogen-bond donors (Lipinski definition) is 2. The highest BCUT2D eigenvalue weighted by Crippen LogP contribution is 2.26. The molecular weight excluding hydrogens is 182 g/mol. The lowest BCUT2D eigenvalue weighted by Gasteiger charge is -2.06. The van der Waals surface area contributed by atoms with Crippen molar-refractivity contribution in [1.82, 2.24) is 0 Å². The molecule has 13 heavy (non-hydrogen) atoms. The van der Waals surface area contributed by atoms with Crippen molar-refractivity contribution in [2.24, 2.45) is 0 Å². The van der Waals surface area contributed by atoms with Crippen LogP contribution < -0.4 is 5.73 Å². The van der Waals surface area contributed by atoms with E-state index in [1.807, 2.05) is 19.1 Å². The number of aliphatic hydroxyl groups is 1. The quantitative estimate of drug-likeness (QED) is 0.441. The highest BCUT2D eigenvalue weighted by molar-refractivity contribution is 7.99. The molecule has 0 heterocycles. The van der Waals surface area contributed by atoms with Crippen LogP contribution >= 0.6 is 11.8 Å². The minimum absolute atomic E-state index is 0.258. The van der Waals surface area contributed by atoms with E-state index in [0.29, 0.717) is 0 Å². The van der Waals surface area contributed by atoms with E-state index in [9.17, 15) is 0 Å². The summed E-state index contributed by atoms with van der Waals surface area (Å²) < 4.78 is 0. The third-order valence-corrected chi connectivity index (χ3v) is 3.13. The van der Waals surface area contributed by atoms with Gasteiger partial charge in [0.2, 0.25) is 0 Å². The van der Waals surface area contributed by atoms with E-state index in [2.05, 4.69) is 6.07 Å². The summed E-state index contributed by atoms with van der Waals surface area (Å²) in [5.41, 5.74) is 7.75. The van der Waals surface area contributed by atoms with Crippen molar-refractivity contribution < 1.29 is 5.11 Å². The van der Waals surface area contributed by atoms with Crippen molar-refractivity contribution in [2.45, 2.75) is 18.2 Å². The predicted molar refractivity (Wildman–Crippen MR) is 58.0 cm³/mol. The number of anilines is 1. The number of rotatable bonds is 4. The molecule has 1 aromatic carbocycles. The Labute approximate surface area is 83.1 Å². The summed E-state index contributed by atoms with van der Waals surface area (Å²) in [5.74, 6) is 0.945. The van der Waals surface area contributed by atoms with Crippen molar-refractivity contribution in [1.29, 1.82) is 0 Å². The smallest absolute Gasteiger partial charge is 0.0439 e. The van der Waals surface area contributed by atoms with E-state index in [1.165, 1.54) is 4.90 Å². The van der Waals surface area contributed by atoms with Crippen molar-refractivity contribution in [3.63, 3.8) is 0 Å². The van der Waals surface area contributed by atoms with E-state index in [1.54, 1.807) is 11.8 Å². The first-order valence-corrected chi connectivity index (χ1v) is 5.33. The molecule has 1 rings (SSSR count). The van der Waals surface area contributed by atoms with Crippen LogP contribution in [0.15, 0.2) is 23.1 Å². The SMILES string of the molecule is Cc1c(N)cccc1SCCCO. The Hall–Kier alpha value is -0.670. The van der Waals surface area contributed by atoms with Gasteiger partial charge < -0.3 is 10.8 Å². The van der Waals surface area contributed by atoms with Crippen molar-refractivity contribution in [3.05, 3.63) is 23.8 Å². The van der Waals surface area contributed by atoms with Crippen LogP contribution in [0.25, 0.3) is 0 Å². The zero-order valence-corrected chi connectivity index (χ0v) is 8.60. The zero-order chi connectivity index (χ0) is 9.68. The fourth-order valence-electron chi connectivity index (χ4n) is 1.03. The van der Waals surface area contributed by atoms with Crippen molar-refractivity contribution >= 4 is 17.4 Å². The molecule has 0 aliphatic carbocycles. The van der Waals surface area contributed by atoms with E-state index in [4.69, 9.17) is 10.8 Å². The van der Waals surface area contributed by atoms with Crippen LogP contribution in [0.4, 0.5) is 5.69 Å². The standard InChI is InChI=1S/C10H15NOS/c1-8-9(11)4-2-5-10(8)13-7-3-6-12/h2,4-5,12H,3,6-7,11H2,1H3. The maximum atomic E-state index is 8.63. The van der Waals surface area contributed by atoms with Gasteiger partial charge in [0, 0.05) is 22.9 Å². The Kier molecular flexibility index (Phi) is 4.12. The number of benzene rings is 1. The number of thioether (sulfide) groups is 1. The average molecular weight is 197 g/mol. The molecule has 0 bridgehead atoms. The minimum Gasteiger partial charge on any atom is -0.398 e. The first-order valence-electron chi connectivity index (χ1n) is 4.34. The summed E-state index contributed by atoms with van der Waals surface area (Å²) in [6.07, 6.45) is 0.832. The van der Waals surface area contributed by atoms with Gasteiger partial charge in [-0.25, -0.2) is 0 Å². The van der Waals surface area contributed by atoms with Gasteiger partial charge in [0.15, 0.2) is 0 Å². The maximum absolute atomic E-state index is 8.63. The number of hydrogen-bond acceptors (Lipinski definition) is 3. The molecule has 0 aliphatic rings.